The quantitative estimate of drug-likeness (QED) is 0.726. The number of nitrogens with zero attached hydrogens (tertiary/aromatic N) is 1. The molecule has 0 bridgehead atoms. The van der Waals surface area contributed by atoms with Crippen molar-refractivity contribution >= 4 is 20.0 Å². The minimum Gasteiger partial charge on any atom is -0.328 e. The van der Waals surface area contributed by atoms with E-state index in [9.17, 15) is 16.8 Å². The summed E-state index contributed by atoms with van der Waals surface area (Å²) in [5, 5.41) is 0. The molecule has 3 N–H and O–H groups in total. The molecule has 0 aliphatic heterocycles. The van der Waals surface area contributed by atoms with Crippen molar-refractivity contribution in [3.8, 4) is 0 Å². The summed E-state index contributed by atoms with van der Waals surface area (Å²) in [7, 11) is -5.06. The number of nitrogens with two attached hydrogens (primary N) is 1. The van der Waals surface area contributed by atoms with Gasteiger partial charge in [0.2, 0.25) is 20.0 Å². The molecule has 0 spiro atoms. The third kappa shape index (κ3) is 4.48. The molecule has 1 unspecified atom stereocenters. The van der Waals surface area contributed by atoms with Crippen LogP contribution >= 0.6 is 0 Å². The van der Waals surface area contributed by atoms with Gasteiger partial charge in [0.05, 0.1) is 0 Å². The summed E-state index contributed by atoms with van der Waals surface area (Å²) in [4.78, 5) is -0.508. The van der Waals surface area contributed by atoms with E-state index in [-0.39, 0.29) is 22.4 Å². The van der Waals surface area contributed by atoms with E-state index in [2.05, 4.69) is 4.72 Å². The minimum absolute atomic E-state index is 0.145. The second kappa shape index (κ2) is 6.84. The van der Waals surface area contributed by atoms with Gasteiger partial charge in [0.25, 0.3) is 0 Å². The molecule has 0 aromatic heterocycles. The van der Waals surface area contributed by atoms with Crippen molar-refractivity contribution in [3.63, 3.8) is 0 Å². The maximum absolute atomic E-state index is 12.3. The number of rotatable bonds is 7. The molecule has 1 aromatic rings. The fourth-order valence-corrected chi connectivity index (χ4v) is 4.32. The van der Waals surface area contributed by atoms with Gasteiger partial charge < -0.3 is 5.73 Å². The summed E-state index contributed by atoms with van der Waals surface area (Å²) in [6, 6.07) is 5.36. The van der Waals surface area contributed by atoms with Gasteiger partial charge in [-0.3, -0.25) is 0 Å². The molecule has 7 nitrogen and oxygen atoms in total. The summed E-state index contributed by atoms with van der Waals surface area (Å²) < 4.78 is 52.3. The maximum Gasteiger partial charge on any atom is 0.243 e. The average Bonchev–Trinajstić information content (AvgIpc) is 2.37. The molecule has 0 amide bonds. The molecule has 0 saturated heterocycles. The van der Waals surface area contributed by atoms with E-state index in [0.717, 1.165) is 4.31 Å². The number of benzene rings is 1. The first kappa shape index (κ1) is 18.1. The van der Waals surface area contributed by atoms with Crippen molar-refractivity contribution in [1.29, 1.82) is 0 Å². The van der Waals surface area contributed by atoms with Gasteiger partial charge in [-0.1, -0.05) is 12.1 Å². The predicted octanol–water partition coefficient (Wildman–Crippen LogP) is -0.0475. The van der Waals surface area contributed by atoms with Crippen molar-refractivity contribution in [3.05, 3.63) is 24.3 Å². The van der Waals surface area contributed by atoms with E-state index in [1.165, 1.54) is 38.4 Å². The lowest BCUT2D eigenvalue weighted by Crippen LogP contribution is -2.31. The van der Waals surface area contributed by atoms with Crippen LogP contribution in [0.25, 0.3) is 0 Å². The molecule has 120 valence electrons. The lowest BCUT2D eigenvalue weighted by molar-refractivity contribution is 0.516. The Kier molecular flexibility index (Phi) is 5.88. The zero-order valence-corrected chi connectivity index (χ0v) is 13.9. The lowest BCUT2D eigenvalue weighted by atomic mass is 10.3. The van der Waals surface area contributed by atoms with Crippen LogP contribution in [0, 0.1) is 0 Å². The maximum atomic E-state index is 12.3. The zero-order chi connectivity index (χ0) is 16.3. The van der Waals surface area contributed by atoms with Crippen LogP contribution in [-0.4, -0.2) is 47.8 Å². The SMILES string of the molecule is CC(N)CCNS(=O)(=O)c1ccccc1S(=O)(=O)N(C)C. The van der Waals surface area contributed by atoms with Gasteiger partial charge in [-0.05, 0) is 25.5 Å². The molecule has 1 aromatic carbocycles. The monoisotopic (exact) mass is 335 g/mol. The van der Waals surface area contributed by atoms with E-state index in [1.807, 2.05) is 0 Å². The number of sulfonamides is 2. The van der Waals surface area contributed by atoms with Crippen molar-refractivity contribution in [1.82, 2.24) is 9.03 Å². The first-order valence-corrected chi connectivity index (χ1v) is 9.28. The summed E-state index contributed by atoms with van der Waals surface area (Å²) in [5.74, 6) is 0. The molecular formula is C12H21N3O4S2. The van der Waals surface area contributed by atoms with Crippen LogP contribution in [0.5, 0.6) is 0 Å². The van der Waals surface area contributed by atoms with Crippen molar-refractivity contribution < 1.29 is 16.8 Å². The molecule has 0 aliphatic carbocycles. The van der Waals surface area contributed by atoms with Gasteiger partial charge >= 0.3 is 0 Å². The Morgan fingerprint density at radius 2 is 1.67 bits per heavy atom. The van der Waals surface area contributed by atoms with Gasteiger partial charge in [0, 0.05) is 26.7 Å². The fourth-order valence-electron chi connectivity index (χ4n) is 1.58. The standard InChI is InChI=1S/C12H21N3O4S2/c1-10(13)8-9-14-20(16,17)11-6-4-5-7-12(11)21(18,19)15(2)3/h4-7,10,14H,8-9,13H2,1-3H3. The van der Waals surface area contributed by atoms with Crippen molar-refractivity contribution in [2.24, 2.45) is 5.73 Å². The van der Waals surface area contributed by atoms with E-state index >= 15 is 0 Å². The second-order valence-corrected chi connectivity index (χ2v) is 8.75. The summed E-state index contributed by atoms with van der Waals surface area (Å²) >= 11 is 0. The molecule has 9 heteroatoms. The van der Waals surface area contributed by atoms with Crippen molar-refractivity contribution in [2.75, 3.05) is 20.6 Å². The molecule has 0 aliphatic rings. The Morgan fingerprint density at radius 1 is 1.14 bits per heavy atom. The van der Waals surface area contributed by atoms with Gasteiger partial charge in [0.15, 0.2) is 0 Å². The Labute approximate surface area is 126 Å². The van der Waals surface area contributed by atoms with Crippen LogP contribution < -0.4 is 10.5 Å². The molecule has 21 heavy (non-hydrogen) atoms. The largest absolute Gasteiger partial charge is 0.328 e. The number of nitrogens with one attached hydrogen (secondary N) is 1. The number of hydrogen-bond donors (Lipinski definition) is 2. The molecular weight excluding hydrogens is 314 g/mol. The average molecular weight is 335 g/mol. The molecule has 1 atom stereocenters. The Hall–Kier alpha value is -1.00. The van der Waals surface area contributed by atoms with Crippen LogP contribution in [0.2, 0.25) is 0 Å². The topological polar surface area (TPSA) is 110 Å². The fraction of sp³-hybridized carbons (Fsp3) is 0.500. The lowest BCUT2D eigenvalue weighted by Gasteiger charge is -2.15. The Bertz CT molecular complexity index is 682. The van der Waals surface area contributed by atoms with E-state index in [0.29, 0.717) is 6.42 Å². The molecule has 0 radical (unpaired) electrons. The van der Waals surface area contributed by atoms with Gasteiger partial charge in [-0.25, -0.2) is 25.9 Å². The van der Waals surface area contributed by atoms with Gasteiger partial charge in [-0.2, -0.15) is 0 Å². The normalized spacial score (nSPS) is 14.3. The van der Waals surface area contributed by atoms with Gasteiger partial charge in [0.1, 0.15) is 9.79 Å². The minimum atomic E-state index is -3.91. The third-order valence-electron chi connectivity index (χ3n) is 2.79. The Balaban J connectivity index is 3.20. The highest BCUT2D eigenvalue weighted by Crippen LogP contribution is 2.22. The van der Waals surface area contributed by atoms with Crippen LogP contribution in [0.15, 0.2) is 34.1 Å². The molecule has 1 rings (SSSR count). The summed E-state index contributed by atoms with van der Waals surface area (Å²) in [6.45, 7) is 1.91. The zero-order valence-electron chi connectivity index (χ0n) is 12.3. The van der Waals surface area contributed by atoms with Crippen LogP contribution in [0.4, 0.5) is 0 Å². The van der Waals surface area contributed by atoms with E-state index in [4.69, 9.17) is 5.73 Å². The van der Waals surface area contributed by atoms with Gasteiger partial charge in [-0.15, -0.1) is 0 Å². The predicted molar refractivity (Wildman–Crippen MR) is 80.8 cm³/mol. The van der Waals surface area contributed by atoms with Crippen LogP contribution in [-0.2, 0) is 20.0 Å². The highest BCUT2D eigenvalue weighted by molar-refractivity contribution is 7.92. The third-order valence-corrected chi connectivity index (χ3v) is 6.31. The molecule has 0 saturated carbocycles. The van der Waals surface area contributed by atoms with E-state index in [1.54, 1.807) is 6.92 Å². The smallest absolute Gasteiger partial charge is 0.243 e. The second-order valence-electron chi connectivity index (χ2n) is 4.90. The van der Waals surface area contributed by atoms with Crippen LogP contribution in [0.3, 0.4) is 0 Å². The highest BCUT2D eigenvalue weighted by atomic mass is 32.2. The van der Waals surface area contributed by atoms with Crippen molar-refractivity contribution in [2.45, 2.75) is 29.2 Å². The highest BCUT2D eigenvalue weighted by Gasteiger charge is 2.27. The Morgan fingerprint density at radius 3 is 2.14 bits per heavy atom. The summed E-state index contributed by atoms with van der Waals surface area (Å²) in [6.07, 6.45) is 0.460. The number of hydrogen-bond acceptors (Lipinski definition) is 5. The first-order valence-electron chi connectivity index (χ1n) is 6.36. The summed E-state index contributed by atoms with van der Waals surface area (Å²) in [5.41, 5.74) is 5.56. The van der Waals surface area contributed by atoms with E-state index < -0.39 is 20.0 Å². The first-order chi connectivity index (χ1) is 9.59. The molecule has 0 fully saturated rings. The molecule has 0 heterocycles. The van der Waals surface area contributed by atoms with Crippen LogP contribution in [0.1, 0.15) is 13.3 Å².